The maximum absolute atomic E-state index is 11.6. The van der Waals surface area contributed by atoms with Gasteiger partial charge in [-0.05, 0) is 23.8 Å². The minimum absolute atomic E-state index is 0.364. The Morgan fingerprint density at radius 1 is 1.53 bits per heavy atom. The predicted octanol–water partition coefficient (Wildman–Crippen LogP) is 2.37. The smallest absolute Gasteiger partial charge is 0.338 e. The van der Waals surface area contributed by atoms with Gasteiger partial charge in [0.1, 0.15) is 0 Å². The van der Waals surface area contributed by atoms with E-state index in [1.54, 1.807) is 30.7 Å². The molecule has 17 heavy (non-hydrogen) atoms. The molecule has 0 aliphatic carbocycles. The molecule has 1 aromatic heterocycles. The van der Waals surface area contributed by atoms with Gasteiger partial charge in [-0.2, -0.15) is 0 Å². The second-order valence-electron chi connectivity index (χ2n) is 3.53. The molecule has 88 valence electrons. The van der Waals surface area contributed by atoms with Gasteiger partial charge in [0.2, 0.25) is 0 Å². The first kappa shape index (κ1) is 11.7. The fourth-order valence-corrected chi connectivity index (χ4v) is 1.77. The van der Waals surface area contributed by atoms with Crippen molar-refractivity contribution in [1.82, 2.24) is 9.55 Å². The lowest BCUT2D eigenvalue weighted by Crippen LogP contribution is -2.08. The van der Waals surface area contributed by atoms with Crippen molar-refractivity contribution >= 4 is 17.6 Å². The Balaban J connectivity index is 2.36. The van der Waals surface area contributed by atoms with Gasteiger partial charge in [0, 0.05) is 24.0 Å². The van der Waals surface area contributed by atoms with Crippen LogP contribution < -0.4 is 0 Å². The van der Waals surface area contributed by atoms with Crippen molar-refractivity contribution in [3.05, 3.63) is 53.1 Å². The van der Waals surface area contributed by atoms with E-state index in [1.807, 2.05) is 10.8 Å². The summed E-state index contributed by atoms with van der Waals surface area (Å²) in [6.07, 6.45) is 5.19. The monoisotopic (exact) mass is 250 g/mol. The molecule has 0 atom stereocenters. The summed E-state index contributed by atoms with van der Waals surface area (Å²) in [5, 5.41) is 0.591. The summed E-state index contributed by atoms with van der Waals surface area (Å²) in [5.74, 6) is -0.364. The number of ether oxygens (including phenoxy) is 1. The molecule has 5 heteroatoms. The highest BCUT2D eigenvalue weighted by molar-refractivity contribution is 6.30. The molecule has 1 heterocycles. The van der Waals surface area contributed by atoms with Gasteiger partial charge in [0.15, 0.2) is 0 Å². The molecular weight excluding hydrogens is 240 g/mol. The Labute approximate surface area is 104 Å². The zero-order valence-corrected chi connectivity index (χ0v) is 10.0. The number of rotatable bonds is 3. The maximum Gasteiger partial charge on any atom is 0.338 e. The highest BCUT2D eigenvalue weighted by Gasteiger charge is 2.12. The molecule has 0 N–H and O–H groups in total. The average molecular weight is 251 g/mol. The molecule has 2 aromatic rings. The van der Waals surface area contributed by atoms with Crippen LogP contribution in [-0.4, -0.2) is 22.6 Å². The first-order valence-corrected chi connectivity index (χ1v) is 5.41. The van der Waals surface area contributed by atoms with Crippen LogP contribution in [0.5, 0.6) is 0 Å². The number of benzene rings is 1. The molecule has 0 bridgehead atoms. The third-order valence-corrected chi connectivity index (χ3v) is 2.62. The molecule has 0 radical (unpaired) electrons. The quantitative estimate of drug-likeness (QED) is 0.786. The molecule has 0 aliphatic heterocycles. The first-order chi connectivity index (χ1) is 8.20. The van der Waals surface area contributed by atoms with E-state index in [4.69, 9.17) is 16.3 Å². The number of hydrogen-bond acceptors (Lipinski definition) is 3. The van der Waals surface area contributed by atoms with Crippen LogP contribution >= 0.6 is 11.6 Å². The van der Waals surface area contributed by atoms with Crippen LogP contribution in [0.15, 0.2) is 36.9 Å². The van der Waals surface area contributed by atoms with Crippen molar-refractivity contribution in [3.63, 3.8) is 0 Å². The van der Waals surface area contributed by atoms with Crippen LogP contribution in [-0.2, 0) is 11.3 Å². The Hall–Kier alpha value is -1.81. The lowest BCUT2D eigenvalue weighted by molar-refractivity contribution is 0.0599. The van der Waals surface area contributed by atoms with Crippen LogP contribution in [0.1, 0.15) is 15.9 Å². The third kappa shape index (κ3) is 2.65. The van der Waals surface area contributed by atoms with E-state index in [-0.39, 0.29) is 5.97 Å². The van der Waals surface area contributed by atoms with Crippen LogP contribution in [0.2, 0.25) is 5.02 Å². The molecule has 0 aliphatic rings. The molecule has 2 rings (SSSR count). The zero-order chi connectivity index (χ0) is 12.3. The van der Waals surface area contributed by atoms with Crippen LogP contribution in [0.4, 0.5) is 0 Å². The van der Waals surface area contributed by atoms with Gasteiger partial charge in [-0.3, -0.25) is 0 Å². The molecule has 0 amide bonds. The van der Waals surface area contributed by atoms with E-state index < -0.39 is 0 Å². The predicted molar refractivity (Wildman–Crippen MR) is 64.1 cm³/mol. The summed E-state index contributed by atoms with van der Waals surface area (Å²) in [7, 11) is 1.36. The number of carbonyl (C=O) groups is 1. The number of nitrogens with zero attached hydrogens (tertiary/aromatic N) is 2. The van der Waals surface area contributed by atoms with Gasteiger partial charge in [0.05, 0.1) is 19.0 Å². The summed E-state index contributed by atoms with van der Waals surface area (Å²) in [6.45, 7) is 0.533. The Morgan fingerprint density at radius 2 is 2.35 bits per heavy atom. The number of esters is 1. The Morgan fingerprint density at radius 3 is 3.00 bits per heavy atom. The topological polar surface area (TPSA) is 44.1 Å². The van der Waals surface area contributed by atoms with E-state index in [2.05, 4.69) is 4.98 Å². The van der Waals surface area contributed by atoms with Crippen molar-refractivity contribution in [2.24, 2.45) is 0 Å². The molecule has 0 saturated heterocycles. The first-order valence-electron chi connectivity index (χ1n) is 5.03. The SMILES string of the molecule is COC(=O)c1ccc(Cl)cc1Cn1ccnc1. The molecule has 0 spiro atoms. The minimum Gasteiger partial charge on any atom is -0.465 e. The lowest BCUT2D eigenvalue weighted by atomic mass is 10.1. The molecule has 0 unspecified atom stereocenters. The third-order valence-electron chi connectivity index (χ3n) is 2.38. The van der Waals surface area contributed by atoms with Gasteiger partial charge < -0.3 is 9.30 Å². The Bertz CT molecular complexity index is 523. The fourth-order valence-electron chi connectivity index (χ4n) is 1.58. The fraction of sp³-hybridized carbons (Fsp3) is 0.167. The largest absolute Gasteiger partial charge is 0.465 e. The normalized spacial score (nSPS) is 10.2. The molecule has 1 aromatic carbocycles. The van der Waals surface area contributed by atoms with Gasteiger partial charge in [-0.25, -0.2) is 9.78 Å². The number of aromatic nitrogens is 2. The van der Waals surface area contributed by atoms with Gasteiger partial charge in [-0.1, -0.05) is 11.6 Å². The second kappa shape index (κ2) is 5.01. The van der Waals surface area contributed by atoms with Crippen LogP contribution in [0, 0.1) is 0 Å². The van der Waals surface area contributed by atoms with Crippen molar-refractivity contribution in [2.45, 2.75) is 6.54 Å². The van der Waals surface area contributed by atoms with E-state index in [0.29, 0.717) is 17.1 Å². The van der Waals surface area contributed by atoms with Crippen molar-refractivity contribution in [3.8, 4) is 0 Å². The summed E-state index contributed by atoms with van der Waals surface area (Å²) in [5.41, 5.74) is 1.33. The summed E-state index contributed by atoms with van der Waals surface area (Å²) in [6, 6.07) is 5.10. The van der Waals surface area contributed by atoms with E-state index in [1.165, 1.54) is 7.11 Å². The number of imidazole rings is 1. The highest BCUT2D eigenvalue weighted by atomic mass is 35.5. The van der Waals surface area contributed by atoms with Crippen LogP contribution in [0.3, 0.4) is 0 Å². The maximum atomic E-state index is 11.6. The zero-order valence-electron chi connectivity index (χ0n) is 9.26. The average Bonchev–Trinajstić information content (AvgIpc) is 2.81. The lowest BCUT2D eigenvalue weighted by Gasteiger charge is -2.09. The second-order valence-corrected chi connectivity index (χ2v) is 3.96. The van der Waals surface area contributed by atoms with Crippen molar-refractivity contribution < 1.29 is 9.53 Å². The number of halogens is 1. The van der Waals surface area contributed by atoms with Crippen LogP contribution in [0.25, 0.3) is 0 Å². The van der Waals surface area contributed by atoms with Crippen molar-refractivity contribution in [2.75, 3.05) is 7.11 Å². The number of methoxy groups -OCH3 is 1. The summed E-state index contributed by atoms with van der Waals surface area (Å²) in [4.78, 5) is 15.5. The van der Waals surface area contributed by atoms with Gasteiger partial charge in [0.25, 0.3) is 0 Å². The molecular formula is C12H11ClN2O2. The summed E-state index contributed by atoms with van der Waals surface area (Å²) >= 11 is 5.93. The number of hydrogen-bond donors (Lipinski definition) is 0. The minimum atomic E-state index is -0.364. The number of carbonyl (C=O) groups excluding carboxylic acids is 1. The van der Waals surface area contributed by atoms with Crippen molar-refractivity contribution in [1.29, 1.82) is 0 Å². The van der Waals surface area contributed by atoms with Gasteiger partial charge >= 0.3 is 5.97 Å². The standard InChI is InChI=1S/C12H11ClN2O2/c1-17-12(16)11-3-2-10(13)6-9(11)7-15-5-4-14-8-15/h2-6,8H,7H2,1H3. The van der Waals surface area contributed by atoms with E-state index >= 15 is 0 Å². The van der Waals surface area contributed by atoms with Gasteiger partial charge in [-0.15, -0.1) is 0 Å². The Kier molecular flexibility index (Phi) is 3.44. The van der Waals surface area contributed by atoms with E-state index in [0.717, 1.165) is 5.56 Å². The highest BCUT2D eigenvalue weighted by Crippen LogP contribution is 2.18. The van der Waals surface area contributed by atoms with E-state index in [9.17, 15) is 4.79 Å². The molecule has 4 nitrogen and oxygen atoms in total. The summed E-state index contributed by atoms with van der Waals surface area (Å²) < 4.78 is 6.59. The molecule has 0 saturated carbocycles. The molecule has 0 fully saturated rings.